The maximum absolute atomic E-state index is 12.4. The van der Waals surface area contributed by atoms with Crippen molar-refractivity contribution in [2.45, 2.75) is 103 Å². The van der Waals surface area contributed by atoms with Gasteiger partial charge in [-0.1, -0.05) is 5.16 Å². The fourth-order valence-corrected chi connectivity index (χ4v) is 5.58. The Morgan fingerprint density at radius 2 is 1.93 bits per heavy atom. The molecule has 0 aromatic heterocycles. The molecule has 3 atom stereocenters. The van der Waals surface area contributed by atoms with Gasteiger partial charge in [-0.05, 0) is 71.6 Å². The lowest BCUT2D eigenvalue weighted by molar-refractivity contribution is -0.143. The lowest BCUT2D eigenvalue weighted by Crippen LogP contribution is -2.53. The van der Waals surface area contributed by atoms with Crippen molar-refractivity contribution in [1.29, 1.82) is 0 Å². The van der Waals surface area contributed by atoms with Gasteiger partial charge in [0, 0.05) is 30.8 Å². The van der Waals surface area contributed by atoms with E-state index in [1.165, 1.54) is 5.71 Å². The molecule has 4 aliphatic rings. The van der Waals surface area contributed by atoms with Crippen LogP contribution in [0.4, 0.5) is 0 Å². The van der Waals surface area contributed by atoms with Crippen molar-refractivity contribution < 1.29 is 19.1 Å². The maximum atomic E-state index is 12.4. The zero-order chi connectivity index (χ0) is 19.9. The summed E-state index contributed by atoms with van der Waals surface area (Å²) in [6.45, 7) is 9.51. The van der Waals surface area contributed by atoms with Crippen LogP contribution in [0.5, 0.6) is 0 Å². The van der Waals surface area contributed by atoms with Gasteiger partial charge < -0.3 is 19.2 Å². The summed E-state index contributed by atoms with van der Waals surface area (Å²) in [6.07, 6.45) is 8.37. The van der Waals surface area contributed by atoms with Crippen LogP contribution in [-0.4, -0.2) is 53.2 Å². The van der Waals surface area contributed by atoms with E-state index >= 15 is 0 Å². The van der Waals surface area contributed by atoms with Crippen LogP contribution < -0.4 is 0 Å². The second-order valence-corrected chi connectivity index (χ2v) is 10.2. The van der Waals surface area contributed by atoms with Crippen LogP contribution in [0, 0.1) is 11.8 Å². The Hall–Kier alpha value is -1.14. The van der Waals surface area contributed by atoms with Gasteiger partial charge in [0.05, 0.1) is 18.9 Å². The van der Waals surface area contributed by atoms with Gasteiger partial charge in [-0.3, -0.25) is 4.79 Å². The van der Waals surface area contributed by atoms with E-state index in [0.29, 0.717) is 25.0 Å². The van der Waals surface area contributed by atoms with Crippen molar-refractivity contribution in [3.05, 3.63) is 0 Å². The first kappa shape index (κ1) is 20.1. The summed E-state index contributed by atoms with van der Waals surface area (Å²) in [5, 5.41) is 4.37. The van der Waals surface area contributed by atoms with Gasteiger partial charge in [0.2, 0.25) is 5.91 Å². The lowest BCUT2D eigenvalue weighted by atomic mass is 9.73. The molecule has 4 rings (SSSR count). The maximum Gasteiger partial charge on any atom is 0.220 e. The van der Waals surface area contributed by atoms with E-state index in [1.807, 2.05) is 0 Å². The lowest BCUT2D eigenvalue weighted by Gasteiger charge is -2.47. The van der Waals surface area contributed by atoms with Crippen LogP contribution in [0.25, 0.3) is 0 Å². The van der Waals surface area contributed by atoms with Crippen LogP contribution >= 0.6 is 0 Å². The van der Waals surface area contributed by atoms with Crippen LogP contribution in [0.1, 0.15) is 79.1 Å². The van der Waals surface area contributed by atoms with E-state index in [2.05, 4.69) is 30.8 Å². The second-order valence-electron chi connectivity index (χ2n) is 10.2. The molecule has 28 heavy (non-hydrogen) atoms. The van der Waals surface area contributed by atoms with Crippen molar-refractivity contribution in [3.8, 4) is 0 Å². The normalized spacial score (nSPS) is 32.3. The van der Waals surface area contributed by atoms with Gasteiger partial charge in [-0.2, -0.15) is 0 Å². The zero-order valence-corrected chi connectivity index (χ0v) is 17.9. The molecule has 1 saturated heterocycles. The predicted molar refractivity (Wildman–Crippen MR) is 107 cm³/mol. The van der Waals surface area contributed by atoms with Crippen LogP contribution in [0.3, 0.4) is 0 Å². The van der Waals surface area contributed by atoms with Gasteiger partial charge in [-0.15, -0.1) is 0 Å². The molecule has 0 N–H and O–H groups in total. The summed E-state index contributed by atoms with van der Waals surface area (Å²) in [6, 6.07) is 0.289. The molecule has 2 aliphatic carbocycles. The molecule has 3 unspecified atom stereocenters. The third-order valence-corrected chi connectivity index (χ3v) is 6.94. The molecule has 2 heterocycles. The van der Waals surface area contributed by atoms with Gasteiger partial charge in [0.1, 0.15) is 5.60 Å². The highest BCUT2D eigenvalue weighted by Crippen LogP contribution is 2.47. The second kappa shape index (κ2) is 7.60. The molecular weight excluding hydrogens is 356 g/mol. The SMILES string of the molecule is CC(=O)N(C1CCC(C2OCCO2)C(CCC2=NOC3(CC3)C2)C1)C(C)(C)C. The number of carbonyl (C=O) groups excluding carboxylic acids is 1. The van der Waals surface area contributed by atoms with Crippen LogP contribution in [0.15, 0.2) is 5.16 Å². The van der Waals surface area contributed by atoms with Crippen molar-refractivity contribution in [1.82, 2.24) is 4.90 Å². The summed E-state index contributed by atoms with van der Waals surface area (Å²) in [5.41, 5.74) is 1.13. The Balaban J connectivity index is 1.43. The standard InChI is InChI=1S/C22H36N2O4/c1-15(25)24(21(2,3)4)18-7-8-19(20-26-11-12-27-20)16(13-18)5-6-17-14-22(9-10-22)28-23-17/h16,18-20H,5-14H2,1-4H3. The van der Waals surface area contributed by atoms with E-state index in [-0.39, 0.29) is 29.4 Å². The molecule has 1 amide bonds. The Labute approximate surface area is 168 Å². The molecule has 6 nitrogen and oxygen atoms in total. The minimum atomic E-state index is -0.157. The predicted octanol–water partition coefficient (Wildman–Crippen LogP) is 3.88. The third-order valence-electron chi connectivity index (χ3n) is 6.94. The molecule has 1 spiro atoms. The molecule has 158 valence electrons. The summed E-state index contributed by atoms with van der Waals surface area (Å²) >= 11 is 0. The van der Waals surface area contributed by atoms with Crippen molar-refractivity contribution in [2.24, 2.45) is 17.0 Å². The van der Waals surface area contributed by atoms with E-state index in [0.717, 1.165) is 51.4 Å². The van der Waals surface area contributed by atoms with Gasteiger partial charge in [0.25, 0.3) is 0 Å². The molecule has 2 saturated carbocycles. The molecule has 3 fully saturated rings. The molecule has 0 bridgehead atoms. The molecule has 0 radical (unpaired) electrons. The number of rotatable bonds is 5. The number of amides is 1. The molecule has 6 heteroatoms. The quantitative estimate of drug-likeness (QED) is 0.712. The molecular formula is C22H36N2O4. The fraction of sp³-hybridized carbons (Fsp3) is 0.909. The largest absolute Gasteiger partial charge is 0.389 e. The van der Waals surface area contributed by atoms with E-state index in [9.17, 15) is 4.79 Å². The molecule has 0 aromatic carbocycles. The molecule has 0 aromatic rings. The first-order valence-electron chi connectivity index (χ1n) is 11.0. The van der Waals surface area contributed by atoms with Crippen LogP contribution in [-0.2, 0) is 19.1 Å². The number of nitrogens with zero attached hydrogens (tertiary/aromatic N) is 2. The zero-order valence-electron chi connectivity index (χ0n) is 17.9. The number of hydrogen-bond donors (Lipinski definition) is 0. The van der Waals surface area contributed by atoms with Gasteiger partial charge in [0.15, 0.2) is 6.29 Å². The van der Waals surface area contributed by atoms with Crippen molar-refractivity contribution >= 4 is 11.6 Å². The monoisotopic (exact) mass is 392 g/mol. The summed E-state index contributed by atoms with van der Waals surface area (Å²) < 4.78 is 11.8. The highest BCUT2D eigenvalue weighted by atomic mass is 16.7. The minimum Gasteiger partial charge on any atom is -0.389 e. The van der Waals surface area contributed by atoms with Gasteiger partial charge >= 0.3 is 0 Å². The average Bonchev–Trinajstić information content (AvgIpc) is 3.01. The van der Waals surface area contributed by atoms with Gasteiger partial charge in [-0.25, -0.2) is 0 Å². The first-order valence-corrected chi connectivity index (χ1v) is 11.0. The Kier molecular flexibility index (Phi) is 5.47. The first-order chi connectivity index (χ1) is 13.3. The summed E-state index contributed by atoms with van der Waals surface area (Å²) in [7, 11) is 0. The van der Waals surface area contributed by atoms with E-state index in [4.69, 9.17) is 14.3 Å². The van der Waals surface area contributed by atoms with E-state index < -0.39 is 0 Å². The topological polar surface area (TPSA) is 60.4 Å². The fourth-order valence-electron chi connectivity index (χ4n) is 5.58. The Morgan fingerprint density at radius 3 is 2.50 bits per heavy atom. The third kappa shape index (κ3) is 4.23. The number of carbonyl (C=O) groups is 1. The summed E-state index contributed by atoms with van der Waals surface area (Å²) in [5.74, 6) is 1.06. The summed E-state index contributed by atoms with van der Waals surface area (Å²) in [4.78, 5) is 20.2. The van der Waals surface area contributed by atoms with Crippen LogP contribution in [0.2, 0.25) is 0 Å². The number of oxime groups is 1. The highest BCUT2D eigenvalue weighted by Gasteiger charge is 2.50. The number of ether oxygens (including phenoxy) is 2. The van der Waals surface area contributed by atoms with E-state index in [1.54, 1.807) is 6.92 Å². The highest BCUT2D eigenvalue weighted by molar-refractivity contribution is 5.86. The van der Waals surface area contributed by atoms with Crippen molar-refractivity contribution in [2.75, 3.05) is 13.2 Å². The van der Waals surface area contributed by atoms with Crippen molar-refractivity contribution in [3.63, 3.8) is 0 Å². The smallest absolute Gasteiger partial charge is 0.220 e. The molecule has 2 aliphatic heterocycles. The minimum absolute atomic E-state index is 0.0686. The average molecular weight is 393 g/mol. The Bertz CT molecular complexity index is 617. The number of hydrogen-bond acceptors (Lipinski definition) is 5. The Morgan fingerprint density at radius 1 is 1.21 bits per heavy atom.